The molecule has 1 amide bonds. The second-order valence-electron chi connectivity index (χ2n) is 3.90. The van der Waals surface area contributed by atoms with Crippen LogP contribution >= 0.6 is 0 Å². The quantitative estimate of drug-likeness (QED) is 0.790. The number of amides is 1. The first-order chi connectivity index (χ1) is 8.06. The molecule has 0 saturated carbocycles. The number of carbonyl (C=O) groups is 1. The van der Waals surface area contributed by atoms with Crippen LogP contribution in [0, 0.1) is 0 Å². The molecule has 1 aromatic rings. The lowest BCUT2D eigenvalue weighted by Crippen LogP contribution is -2.45. The van der Waals surface area contributed by atoms with Gasteiger partial charge in [-0.3, -0.25) is 4.90 Å². The standard InChI is InChI=1S/C14H17NO2/c1-4-11-15(13(16)17)14(3,5-2)12-9-7-6-8-10-12/h4-10H,1-2,11H2,3H3,(H,16,17). The van der Waals surface area contributed by atoms with E-state index in [9.17, 15) is 9.90 Å². The Morgan fingerprint density at radius 2 is 2.00 bits per heavy atom. The molecule has 3 nitrogen and oxygen atoms in total. The Kier molecular flexibility index (Phi) is 4.10. The molecule has 1 N–H and O–H groups in total. The molecule has 0 heterocycles. The predicted molar refractivity (Wildman–Crippen MR) is 68.9 cm³/mol. The van der Waals surface area contributed by atoms with E-state index in [-0.39, 0.29) is 6.54 Å². The third-order valence-corrected chi connectivity index (χ3v) is 2.86. The summed E-state index contributed by atoms with van der Waals surface area (Å²) in [6.07, 6.45) is 2.22. The first-order valence-corrected chi connectivity index (χ1v) is 5.37. The zero-order valence-electron chi connectivity index (χ0n) is 9.97. The molecule has 0 aliphatic carbocycles. The lowest BCUT2D eigenvalue weighted by atomic mass is 9.90. The molecular weight excluding hydrogens is 214 g/mol. The maximum atomic E-state index is 11.3. The number of benzene rings is 1. The zero-order chi connectivity index (χ0) is 12.9. The summed E-state index contributed by atoms with van der Waals surface area (Å²) in [4.78, 5) is 12.6. The molecule has 0 fully saturated rings. The van der Waals surface area contributed by atoms with Crippen molar-refractivity contribution in [3.63, 3.8) is 0 Å². The summed E-state index contributed by atoms with van der Waals surface area (Å²) in [6, 6.07) is 9.43. The molecule has 0 bridgehead atoms. The van der Waals surface area contributed by atoms with Crippen molar-refractivity contribution in [3.8, 4) is 0 Å². The van der Waals surface area contributed by atoms with E-state index in [0.717, 1.165) is 5.56 Å². The summed E-state index contributed by atoms with van der Waals surface area (Å²) in [5, 5.41) is 9.26. The molecule has 0 aromatic heterocycles. The van der Waals surface area contributed by atoms with Crippen LogP contribution in [0.15, 0.2) is 55.6 Å². The van der Waals surface area contributed by atoms with E-state index < -0.39 is 11.6 Å². The Labute approximate surface area is 102 Å². The maximum absolute atomic E-state index is 11.3. The van der Waals surface area contributed by atoms with Crippen LogP contribution in [-0.2, 0) is 5.54 Å². The zero-order valence-corrected chi connectivity index (χ0v) is 9.97. The van der Waals surface area contributed by atoms with Crippen LogP contribution in [0.25, 0.3) is 0 Å². The lowest BCUT2D eigenvalue weighted by Gasteiger charge is -2.37. The first kappa shape index (κ1) is 13.0. The molecule has 1 rings (SSSR count). The van der Waals surface area contributed by atoms with Gasteiger partial charge >= 0.3 is 6.09 Å². The highest BCUT2D eigenvalue weighted by Crippen LogP contribution is 2.29. The van der Waals surface area contributed by atoms with Gasteiger partial charge in [-0.15, -0.1) is 13.2 Å². The molecule has 1 unspecified atom stereocenters. The third-order valence-electron chi connectivity index (χ3n) is 2.86. The molecular formula is C14H17NO2. The van der Waals surface area contributed by atoms with Crippen LogP contribution in [-0.4, -0.2) is 22.6 Å². The molecule has 0 aliphatic rings. The Morgan fingerprint density at radius 3 is 2.41 bits per heavy atom. The summed E-state index contributed by atoms with van der Waals surface area (Å²) in [5.41, 5.74) is 0.139. The summed E-state index contributed by atoms with van der Waals surface area (Å²) in [7, 11) is 0. The minimum atomic E-state index is -0.990. The molecule has 1 atom stereocenters. The van der Waals surface area contributed by atoms with Crippen LogP contribution in [0.5, 0.6) is 0 Å². The molecule has 0 aliphatic heterocycles. The van der Waals surface area contributed by atoms with E-state index in [1.54, 1.807) is 12.2 Å². The average molecular weight is 231 g/mol. The van der Waals surface area contributed by atoms with Gasteiger partial charge in [0.15, 0.2) is 0 Å². The molecule has 3 heteroatoms. The summed E-state index contributed by atoms with van der Waals surface area (Å²) < 4.78 is 0. The van der Waals surface area contributed by atoms with Crippen molar-refractivity contribution in [2.45, 2.75) is 12.5 Å². The molecule has 0 radical (unpaired) electrons. The number of carboxylic acid groups (broad SMARTS) is 1. The molecule has 90 valence electrons. The van der Waals surface area contributed by atoms with Crippen LogP contribution < -0.4 is 0 Å². The number of hydrogen-bond donors (Lipinski definition) is 1. The first-order valence-electron chi connectivity index (χ1n) is 5.37. The fourth-order valence-electron chi connectivity index (χ4n) is 1.75. The molecule has 0 spiro atoms. The Morgan fingerprint density at radius 1 is 1.41 bits per heavy atom. The van der Waals surface area contributed by atoms with E-state index in [2.05, 4.69) is 13.2 Å². The van der Waals surface area contributed by atoms with E-state index in [0.29, 0.717) is 0 Å². The van der Waals surface area contributed by atoms with Crippen molar-refractivity contribution >= 4 is 6.09 Å². The van der Waals surface area contributed by atoms with Crippen LogP contribution in [0.4, 0.5) is 4.79 Å². The van der Waals surface area contributed by atoms with Crippen LogP contribution in [0.3, 0.4) is 0 Å². The highest BCUT2D eigenvalue weighted by atomic mass is 16.4. The van der Waals surface area contributed by atoms with Gasteiger partial charge in [0.2, 0.25) is 0 Å². The number of hydrogen-bond acceptors (Lipinski definition) is 1. The largest absolute Gasteiger partial charge is 0.465 e. The number of rotatable bonds is 5. The highest BCUT2D eigenvalue weighted by Gasteiger charge is 2.33. The van der Waals surface area contributed by atoms with Gasteiger partial charge < -0.3 is 5.11 Å². The maximum Gasteiger partial charge on any atom is 0.408 e. The fraction of sp³-hybridized carbons (Fsp3) is 0.214. The van der Waals surface area contributed by atoms with Crippen molar-refractivity contribution in [2.75, 3.05) is 6.54 Å². The van der Waals surface area contributed by atoms with Crippen LogP contribution in [0.1, 0.15) is 12.5 Å². The van der Waals surface area contributed by atoms with E-state index >= 15 is 0 Å². The van der Waals surface area contributed by atoms with Crippen molar-refractivity contribution < 1.29 is 9.90 Å². The van der Waals surface area contributed by atoms with Gasteiger partial charge in [-0.2, -0.15) is 0 Å². The SMILES string of the molecule is C=CCN(C(=O)O)C(C)(C=C)c1ccccc1. The smallest absolute Gasteiger partial charge is 0.408 e. The van der Waals surface area contributed by atoms with E-state index in [1.807, 2.05) is 37.3 Å². The normalized spacial score (nSPS) is 13.5. The Bertz CT molecular complexity index is 413. The molecule has 17 heavy (non-hydrogen) atoms. The predicted octanol–water partition coefficient (Wildman–Crippen LogP) is 3.25. The average Bonchev–Trinajstić information content (AvgIpc) is 2.35. The summed E-state index contributed by atoms with van der Waals surface area (Å²) in [6.45, 7) is 9.42. The minimum Gasteiger partial charge on any atom is -0.465 e. The van der Waals surface area contributed by atoms with E-state index in [1.165, 1.54) is 4.90 Å². The van der Waals surface area contributed by atoms with Gasteiger partial charge in [-0.1, -0.05) is 42.5 Å². The second-order valence-corrected chi connectivity index (χ2v) is 3.90. The van der Waals surface area contributed by atoms with E-state index in [4.69, 9.17) is 0 Å². The number of nitrogens with zero attached hydrogens (tertiary/aromatic N) is 1. The third kappa shape index (κ3) is 2.56. The van der Waals surface area contributed by atoms with Gasteiger partial charge in [0.05, 0.1) is 5.54 Å². The van der Waals surface area contributed by atoms with Crippen molar-refractivity contribution in [2.24, 2.45) is 0 Å². The van der Waals surface area contributed by atoms with Gasteiger partial charge in [-0.25, -0.2) is 4.79 Å². The topological polar surface area (TPSA) is 40.5 Å². The monoisotopic (exact) mass is 231 g/mol. The van der Waals surface area contributed by atoms with Crippen molar-refractivity contribution in [1.29, 1.82) is 0 Å². The summed E-state index contributed by atoms with van der Waals surface area (Å²) >= 11 is 0. The summed E-state index contributed by atoms with van der Waals surface area (Å²) in [5.74, 6) is 0. The van der Waals surface area contributed by atoms with Gasteiger partial charge in [0.1, 0.15) is 0 Å². The van der Waals surface area contributed by atoms with Crippen molar-refractivity contribution in [3.05, 3.63) is 61.2 Å². The van der Waals surface area contributed by atoms with Crippen molar-refractivity contribution in [1.82, 2.24) is 4.90 Å². The second kappa shape index (κ2) is 5.34. The highest BCUT2D eigenvalue weighted by molar-refractivity contribution is 5.67. The Hall–Kier alpha value is -2.03. The van der Waals surface area contributed by atoms with Gasteiger partial charge in [0.25, 0.3) is 0 Å². The fourth-order valence-corrected chi connectivity index (χ4v) is 1.75. The Balaban J connectivity index is 3.22. The molecule has 1 aromatic carbocycles. The minimum absolute atomic E-state index is 0.257. The van der Waals surface area contributed by atoms with Gasteiger partial charge in [-0.05, 0) is 12.5 Å². The van der Waals surface area contributed by atoms with Crippen LogP contribution in [0.2, 0.25) is 0 Å². The molecule has 0 saturated heterocycles. The van der Waals surface area contributed by atoms with Gasteiger partial charge in [0, 0.05) is 6.54 Å². The lowest BCUT2D eigenvalue weighted by molar-refractivity contribution is 0.112.